The predicted octanol–water partition coefficient (Wildman–Crippen LogP) is 4.16. The van der Waals surface area contributed by atoms with Crippen molar-refractivity contribution in [2.45, 2.75) is 64.3 Å². The van der Waals surface area contributed by atoms with Gasteiger partial charge in [-0.25, -0.2) is 0 Å². The molecule has 1 unspecified atom stereocenters. The van der Waals surface area contributed by atoms with E-state index in [0.717, 1.165) is 36.0 Å². The lowest BCUT2D eigenvalue weighted by Crippen LogP contribution is -2.40. The minimum Gasteiger partial charge on any atom is -0.493 e. The Kier molecular flexibility index (Phi) is 11.1. The van der Waals surface area contributed by atoms with Gasteiger partial charge in [-0.2, -0.15) is 0 Å². The Morgan fingerprint density at radius 3 is 2.32 bits per heavy atom. The SMILES string of the molecule is COc1cc2c(c(OC)c1OC)-c1ccc(NCCCCCC(=O)N3CCC(C(=O)O)CC3)c(=O)cc1C(NC(C)=O)CC2. The zero-order chi connectivity index (χ0) is 31.8. The van der Waals surface area contributed by atoms with Crippen molar-refractivity contribution in [2.75, 3.05) is 46.3 Å². The first kappa shape index (κ1) is 32.6. The third-order valence-corrected chi connectivity index (χ3v) is 8.50. The van der Waals surface area contributed by atoms with Crippen molar-refractivity contribution < 1.29 is 33.7 Å². The van der Waals surface area contributed by atoms with Crippen LogP contribution in [0.15, 0.2) is 29.1 Å². The number of methoxy groups -OCH3 is 3. The summed E-state index contributed by atoms with van der Waals surface area (Å²) in [7, 11) is 4.69. The predicted molar refractivity (Wildman–Crippen MR) is 167 cm³/mol. The molecule has 0 aromatic heterocycles. The second-order valence-corrected chi connectivity index (χ2v) is 11.3. The third-order valence-electron chi connectivity index (χ3n) is 8.50. The smallest absolute Gasteiger partial charge is 0.306 e. The number of unbranched alkanes of at least 4 members (excludes halogenated alkanes) is 2. The first-order valence-electron chi connectivity index (χ1n) is 15.2. The number of benzene rings is 1. The highest BCUT2D eigenvalue weighted by Crippen LogP contribution is 2.50. The van der Waals surface area contributed by atoms with Gasteiger partial charge in [0.2, 0.25) is 23.0 Å². The molecule has 4 rings (SSSR count). The highest BCUT2D eigenvalue weighted by Gasteiger charge is 2.30. The maximum absolute atomic E-state index is 13.4. The van der Waals surface area contributed by atoms with Crippen molar-refractivity contribution in [3.8, 4) is 28.4 Å². The molecule has 2 amide bonds. The van der Waals surface area contributed by atoms with Gasteiger partial charge in [0, 0.05) is 38.5 Å². The van der Waals surface area contributed by atoms with Gasteiger partial charge in [0.1, 0.15) is 0 Å². The van der Waals surface area contributed by atoms with E-state index in [1.807, 2.05) is 12.1 Å². The number of carbonyl (C=O) groups is 3. The summed E-state index contributed by atoms with van der Waals surface area (Å²) in [4.78, 5) is 51.0. The topological polar surface area (TPSA) is 144 Å². The largest absolute Gasteiger partial charge is 0.493 e. The molecule has 11 nitrogen and oxygen atoms in total. The monoisotopic (exact) mass is 609 g/mol. The Morgan fingerprint density at radius 1 is 0.955 bits per heavy atom. The molecular formula is C33H43N3O8. The van der Waals surface area contributed by atoms with E-state index >= 15 is 0 Å². The van der Waals surface area contributed by atoms with E-state index < -0.39 is 5.97 Å². The van der Waals surface area contributed by atoms with Crippen LogP contribution in [-0.4, -0.2) is 68.8 Å². The Labute approximate surface area is 257 Å². The number of piperidine rings is 1. The van der Waals surface area contributed by atoms with Crippen LogP contribution in [0, 0.1) is 5.92 Å². The second-order valence-electron chi connectivity index (χ2n) is 11.3. The number of hydrogen-bond donors (Lipinski definition) is 3. The van der Waals surface area contributed by atoms with Crippen LogP contribution in [-0.2, 0) is 20.8 Å². The van der Waals surface area contributed by atoms with Crippen LogP contribution in [0.1, 0.15) is 69.0 Å². The molecule has 0 bridgehead atoms. The first-order chi connectivity index (χ1) is 21.2. The molecule has 1 heterocycles. The van der Waals surface area contributed by atoms with E-state index in [-0.39, 0.29) is 29.2 Å². The summed E-state index contributed by atoms with van der Waals surface area (Å²) in [6, 6.07) is 6.79. The number of likely N-dealkylation sites (tertiary alicyclic amines) is 1. The fourth-order valence-corrected chi connectivity index (χ4v) is 6.19. The molecule has 1 aliphatic carbocycles. The molecular weight excluding hydrogens is 566 g/mol. The zero-order valence-corrected chi connectivity index (χ0v) is 26.0. The van der Waals surface area contributed by atoms with Crippen LogP contribution in [0.25, 0.3) is 11.1 Å². The van der Waals surface area contributed by atoms with Crippen LogP contribution in [0.2, 0.25) is 0 Å². The number of carboxylic acids is 1. The number of nitrogens with zero attached hydrogens (tertiary/aromatic N) is 1. The number of anilines is 1. The molecule has 0 saturated carbocycles. The Bertz CT molecular complexity index is 1440. The molecule has 3 N–H and O–H groups in total. The van der Waals surface area contributed by atoms with Crippen LogP contribution in [0.4, 0.5) is 5.69 Å². The number of carboxylic acid groups (broad SMARTS) is 1. The van der Waals surface area contributed by atoms with Crippen molar-refractivity contribution in [3.05, 3.63) is 45.6 Å². The molecule has 0 radical (unpaired) electrons. The summed E-state index contributed by atoms with van der Waals surface area (Å²) in [6.45, 7) is 3.02. The van der Waals surface area contributed by atoms with Crippen molar-refractivity contribution in [1.29, 1.82) is 0 Å². The molecule has 1 fully saturated rings. The number of amides is 2. The second kappa shape index (κ2) is 14.9. The number of fused-ring (bicyclic) bond motifs is 3. The number of rotatable bonds is 12. The normalized spacial score (nSPS) is 16.2. The number of carbonyl (C=O) groups excluding carboxylic acids is 2. The Hall–Kier alpha value is -4.28. The van der Waals surface area contributed by atoms with Crippen LogP contribution in [0.5, 0.6) is 17.2 Å². The van der Waals surface area contributed by atoms with Crippen LogP contribution in [0.3, 0.4) is 0 Å². The molecule has 1 atom stereocenters. The lowest BCUT2D eigenvalue weighted by atomic mass is 9.95. The molecule has 1 saturated heterocycles. The van der Waals surface area contributed by atoms with Gasteiger partial charge in [0.05, 0.1) is 39.0 Å². The average molecular weight is 610 g/mol. The van der Waals surface area contributed by atoms with E-state index in [1.54, 1.807) is 38.4 Å². The van der Waals surface area contributed by atoms with Crippen molar-refractivity contribution in [1.82, 2.24) is 10.2 Å². The summed E-state index contributed by atoms with van der Waals surface area (Å²) in [5.41, 5.74) is 3.48. The van der Waals surface area contributed by atoms with E-state index in [1.165, 1.54) is 6.92 Å². The molecule has 44 heavy (non-hydrogen) atoms. The minimum absolute atomic E-state index is 0.0684. The van der Waals surface area contributed by atoms with E-state index in [4.69, 9.17) is 19.3 Å². The van der Waals surface area contributed by atoms with Gasteiger partial charge >= 0.3 is 5.97 Å². The average Bonchev–Trinajstić information content (AvgIpc) is 3.25. The van der Waals surface area contributed by atoms with E-state index in [2.05, 4.69) is 10.6 Å². The molecule has 11 heteroatoms. The van der Waals surface area contributed by atoms with Gasteiger partial charge in [-0.15, -0.1) is 0 Å². The number of nitrogens with one attached hydrogen (secondary N) is 2. The molecule has 2 aromatic rings. The molecule has 1 aliphatic heterocycles. The van der Waals surface area contributed by atoms with Gasteiger partial charge in [0.15, 0.2) is 11.5 Å². The fourth-order valence-electron chi connectivity index (χ4n) is 6.19. The number of aliphatic carboxylic acids is 1. The quantitative estimate of drug-likeness (QED) is 0.302. The highest BCUT2D eigenvalue weighted by atomic mass is 16.5. The van der Waals surface area contributed by atoms with Crippen molar-refractivity contribution in [3.63, 3.8) is 0 Å². The summed E-state index contributed by atoms with van der Waals surface area (Å²) in [6.07, 6.45) is 4.95. The van der Waals surface area contributed by atoms with Gasteiger partial charge < -0.3 is 34.9 Å². The minimum atomic E-state index is -0.786. The number of hydrogen-bond acceptors (Lipinski definition) is 8. The standard InChI is InChI=1S/C33H43N3O8/c1-20(37)35-25-11-9-22-18-28(42-2)31(43-3)32(44-4)30(22)23-10-12-26(27(38)19-24(23)25)34-15-7-5-6-8-29(39)36-16-13-21(14-17-36)33(40)41/h10,12,18-19,21,25H,5-9,11,13-17H2,1-4H3,(H,34,38)(H,35,37)(H,40,41). The molecule has 2 aliphatic rings. The number of aryl methyl sites for hydroxylation is 1. The maximum atomic E-state index is 13.4. The summed E-state index contributed by atoms with van der Waals surface area (Å²) < 4.78 is 17.1. The fraction of sp³-hybridized carbons (Fsp3) is 0.515. The Balaban J connectivity index is 1.48. The van der Waals surface area contributed by atoms with E-state index in [0.29, 0.717) is 80.2 Å². The molecule has 0 spiro atoms. The van der Waals surface area contributed by atoms with E-state index in [9.17, 15) is 19.2 Å². The lowest BCUT2D eigenvalue weighted by molar-refractivity contribution is -0.145. The van der Waals surface area contributed by atoms with Gasteiger partial charge in [-0.05, 0) is 73.4 Å². The zero-order valence-electron chi connectivity index (χ0n) is 26.0. The first-order valence-corrected chi connectivity index (χ1v) is 15.2. The van der Waals surface area contributed by atoms with Gasteiger partial charge in [-0.1, -0.05) is 12.5 Å². The van der Waals surface area contributed by atoms with Gasteiger partial charge in [0.25, 0.3) is 0 Å². The Morgan fingerprint density at radius 2 is 1.68 bits per heavy atom. The number of ether oxygens (including phenoxy) is 3. The van der Waals surface area contributed by atoms with Crippen LogP contribution < -0.4 is 30.3 Å². The summed E-state index contributed by atoms with van der Waals surface area (Å²) >= 11 is 0. The highest BCUT2D eigenvalue weighted by molar-refractivity contribution is 5.84. The van der Waals surface area contributed by atoms with Crippen molar-refractivity contribution >= 4 is 23.5 Å². The lowest BCUT2D eigenvalue weighted by Gasteiger charge is -2.30. The maximum Gasteiger partial charge on any atom is 0.306 e. The molecule has 2 aromatic carbocycles. The third kappa shape index (κ3) is 7.43. The van der Waals surface area contributed by atoms with Gasteiger partial charge in [-0.3, -0.25) is 19.2 Å². The van der Waals surface area contributed by atoms with Crippen LogP contribution >= 0.6 is 0 Å². The summed E-state index contributed by atoms with van der Waals surface area (Å²) in [5.74, 6) is 0.234. The molecule has 238 valence electrons. The van der Waals surface area contributed by atoms with Crippen molar-refractivity contribution in [2.24, 2.45) is 5.92 Å². The summed E-state index contributed by atoms with van der Waals surface area (Å²) in [5, 5.41) is 15.4.